The lowest BCUT2D eigenvalue weighted by Gasteiger charge is -2.33. The molecule has 1 heterocycles. The monoisotopic (exact) mass is 273 g/mol. The van der Waals surface area contributed by atoms with Gasteiger partial charge in [0.05, 0.1) is 6.10 Å². The molecule has 0 amide bonds. The molecule has 1 atom stereocenters. The number of carbonyl (C=O) groups excluding carboxylic acids is 1. The number of rotatable bonds is 5. The van der Waals surface area contributed by atoms with Crippen LogP contribution in [0.3, 0.4) is 0 Å². The molecule has 0 aromatic heterocycles. The molecule has 20 heavy (non-hydrogen) atoms. The first kappa shape index (κ1) is 14.8. The van der Waals surface area contributed by atoms with Gasteiger partial charge in [-0.2, -0.15) is 0 Å². The van der Waals surface area contributed by atoms with Gasteiger partial charge in [0, 0.05) is 32.0 Å². The fraction of sp³-hybridized carbons (Fsp3) is 0.471. The maximum atomic E-state index is 11.5. The lowest BCUT2D eigenvalue weighted by molar-refractivity contribution is -0.122. The molecule has 1 aromatic carbocycles. The van der Waals surface area contributed by atoms with Crippen molar-refractivity contribution in [1.82, 2.24) is 4.90 Å². The number of carbonyl (C=O) groups is 1. The summed E-state index contributed by atoms with van der Waals surface area (Å²) in [7, 11) is 0. The van der Waals surface area contributed by atoms with Crippen LogP contribution in [0, 0.1) is 0 Å². The summed E-state index contributed by atoms with van der Waals surface area (Å²) in [6, 6.07) is 8.34. The van der Waals surface area contributed by atoms with E-state index >= 15 is 0 Å². The smallest absolute Gasteiger partial charge is 0.136 e. The van der Waals surface area contributed by atoms with E-state index in [9.17, 15) is 4.79 Å². The number of nitrogens with zero attached hydrogens (tertiary/aromatic N) is 1. The Kier molecular flexibility index (Phi) is 4.96. The third-order valence-corrected chi connectivity index (χ3v) is 3.51. The van der Waals surface area contributed by atoms with E-state index in [0.717, 1.165) is 18.8 Å². The number of likely N-dealkylation sites (tertiary alicyclic amines) is 1. The third kappa shape index (κ3) is 3.94. The van der Waals surface area contributed by atoms with Gasteiger partial charge in [0.2, 0.25) is 0 Å². The Morgan fingerprint density at radius 1 is 1.50 bits per heavy atom. The number of ether oxygens (including phenoxy) is 1. The predicted molar refractivity (Wildman–Crippen MR) is 80.8 cm³/mol. The van der Waals surface area contributed by atoms with E-state index in [1.807, 2.05) is 32.1 Å². The van der Waals surface area contributed by atoms with Gasteiger partial charge in [0.1, 0.15) is 11.5 Å². The number of piperidine rings is 1. The zero-order valence-corrected chi connectivity index (χ0v) is 12.3. The molecule has 0 aliphatic carbocycles. The quantitative estimate of drug-likeness (QED) is 0.772. The van der Waals surface area contributed by atoms with E-state index in [1.165, 1.54) is 5.56 Å². The Labute approximate surface area is 121 Å². The van der Waals surface area contributed by atoms with Crippen LogP contribution in [0.15, 0.2) is 36.9 Å². The second kappa shape index (κ2) is 6.71. The fourth-order valence-corrected chi connectivity index (χ4v) is 2.55. The third-order valence-electron chi connectivity index (χ3n) is 3.51. The minimum absolute atomic E-state index is 0.158. The van der Waals surface area contributed by atoms with E-state index < -0.39 is 0 Å². The molecule has 1 saturated heterocycles. The number of ketones is 1. The molecule has 0 bridgehead atoms. The Morgan fingerprint density at radius 3 is 3.00 bits per heavy atom. The van der Waals surface area contributed by atoms with E-state index in [1.54, 1.807) is 0 Å². The first-order chi connectivity index (χ1) is 9.58. The van der Waals surface area contributed by atoms with Gasteiger partial charge in [-0.05, 0) is 31.5 Å². The van der Waals surface area contributed by atoms with Crippen LogP contribution in [-0.2, 0) is 11.3 Å². The van der Waals surface area contributed by atoms with Gasteiger partial charge in [0.25, 0.3) is 0 Å². The van der Waals surface area contributed by atoms with Crippen molar-refractivity contribution in [1.29, 1.82) is 0 Å². The van der Waals surface area contributed by atoms with E-state index in [4.69, 9.17) is 4.74 Å². The highest BCUT2D eigenvalue weighted by atomic mass is 16.5. The van der Waals surface area contributed by atoms with Crippen LogP contribution in [0.5, 0.6) is 5.75 Å². The van der Waals surface area contributed by atoms with Gasteiger partial charge in [0.15, 0.2) is 0 Å². The molecule has 1 aliphatic rings. The highest BCUT2D eigenvalue weighted by Crippen LogP contribution is 2.21. The van der Waals surface area contributed by atoms with E-state index in [-0.39, 0.29) is 12.1 Å². The molecular formula is C17H23NO2. The Bertz CT molecular complexity index is 482. The first-order valence-electron chi connectivity index (χ1n) is 7.22. The maximum absolute atomic E-state index is 11.5. The van der Waals surface area contributed by atoms with Gasteiger partial charge in [-0.25, -0.2) is 0 Å². The largest absolute Gasteiger partial charge is 0.491 e. The summed E-state index contributed by atoms with van der Waals surface area (Å²) in [5.41, 5.74) is 1.21. The van der Waals surface area contributed by atoms with Gasteiger partial charge in [-0.15, -0.1) is 6.58 Å². The molecule has 0 radical (unpaired) electrons. The summed E-state index contributed by atoms with van der Waals surface area (Å²) in [5, 5.41) is 0. The van der Waals surface area contributed by atoms with Crippen LogP contribution in [0.4, 0.5) is 0 Å². The summed E-state index contributed by atoms with van der Waals surface area (Å²) in [4.78, 5) is 13.8. The highest BCUT2D eigenvalue weighted by Gasteiger charge is 2.24. The number of benzene rings is 1. The normalized spacial score (nSPS) is 20.1. The Hall–Kier alpha value is -1.61. The van der Waals surface area contributed by atoms with Crippen LogP contribution in [0.2, 0.25) is 0 Å². The van der Waals surface area contributed by atoms with E-state index in [0.29, 0.717) is 18.6 Å². The highest BCUT2D eigenvalue weighted by molar-refractivity contribution is 5.80. The molecule has 108 valence electrons. The number of hydrogen-bond donors (Lipinski definition) is 0. The Morgan fingerprint density at radius 2 is 2.30 bits per heavy atom. The van der Waals surface area contributed by atoms with Crippen molar-refractivity contribution < 1.29 is 9.53 Å². The van der Waals surface area contributed by atoms with Gasteiger partial charge in [-0.3, -0.25) is 9.69 Å². The average Bonchev–Trinajstić information content (AvgIpc) is 2.40. The van der Waals surface area contributed by atoms with Crippen molar-refractivity contribution in [2.75, 3.05) is 6.54 Å². The second-order valence-electron chi connectivity index (χ2n) is 5.58. The van der Waals surface area contributed by atoms with Crippen molar-refractivity contribution in [2.45, 2.75) is 45.4 Å². The molecule has 1 aliphatic heterocycles. The number of Topliss-reactive ketones (excluding diaryl/α,β-unsaturated/α-hetero) is 1. The van der Waals surface area contributed by atoms with Crippen molar-refractivity contribution in [3.05, 3.63) is 42.5 Å². The molecule has 2 rings (SSSR count). The Balaban J connectivity index is 2.05. The van der Waals surface area contributed by atoms with Gasteiger partial charge < -0.3 is 4.74 Å². The SMILES string of the molecule is C=CC1CC(=O)CCN1Cc1cccc(OC(C)C)c1. The van der Waals surface area contributed by atoms with Gasteiger partial charge >= 0.3 is 0 Å². The second-order valence-corrected chi connectivity index (χ2v) is 5.58. The molecule has 0 spiro atoms. The first-order valence-corrected chi connectivity index (χ1v) is 7.22. The zero-order chi connectivity index (χ0) is 14.5. The summed E-state index contributed by atoms with van der Waals surface area (Å²) in [5.74, 6) is 1.24. The molecule has 0 N–H and O–H groups in total. The van der Waals surface area contributed by atoms with Crippen LogP contribution in [0.25, 0.3) is 0 Å². The summed E-state index contributed by atoms with van der Waals surface area (Å²) in [6.45, 7) is 9.54. The summed E-state index contributed by atoms with van der Waals surface area (Å²) < 4.78 is 5.72. The lowest BCUT2D eigenvalue weighted by Crippen LogP contribution is -2.40. The number of hydrogen-bond acceptors (Lipinski definition) is 3. The molecule has 1 fully saturated rings. The molecule has 3 heteroatoms. The van der Waals surface area contributed by atoms with Crippen LogP contribution < -0.4 is 4.74 Å². The predicted octanol–water partition coefficient (Wildman–Crippen LogP) is 3.19. The molecule has 0 saturated carbocycles. The van der Waals surface area contributed by atoms with E-state index in [2.05, 4.69) is 23.6 Å². The standard InChI is InChI=1S/C17H23NO2/c1-4-15-11-16(19)8-9-18(15)12-14-6-5-7-17(10-14)20-13(2)3/h4-7,10,13,15H,1,8-9,11-12H2,2-3H3. The molecule has 1 aromatic rings. The van der Waals surface area contributed by atoms with Crippen LogP contribution >= 0.6 is 0 Å². The molecular weight excluding hydrogens is 250 g/mol. The lowest BCUT2D eigenvalue weighted by atomic mass is 10.00. The van der Waals surface area contributed by atoms with Crippen molar-refractivity contribution >= 4 is 5.78 Å². The minimum Gasteiger partial charge on any atom is -0.491 e. The summed E-state index contributed by atoms with van der Waals surface area (Å²) >= 11 is 0. The summed E-state index contributed by atoms with van der Waals surface area (Å²) in [6.07, 6.45) is 3.29. The zero-order valence-electron chi connectivity index (χ0n) is 12.3. The van der Waals surface area contributed by atoms with Crippen molar-refractivity contribution in [3.63, 3.8) is 0 Å². The van der Waals surface area contributed by atoms with Crippen molar-refractivity contribution in [2.24, 2.45) is 0 Å². The average molecular weight is 273 g/mol. The maximum Gasteiger partial charge on any atom is 0.136 e. The van der Waals surface area contributed by atoms with Crippen LogP contribution in [-0.4, -0.2) is 29.4 Å². The van der Waals surface area contributed by atoms with Crippen molar-refractivity contribution in [3.8, 4) is 5.75 Å². The van der Waals surface area contributed by atoms with Gasteiger partial charge in [-0.1, -0.05) is 18.2 Å². The van der Waals surface area contributed by atoms with Crippen LogP contribution in [0.1, 0.15) is 32.3 Å². The molecule has 3 nitrogen and oxygen atoms in total. The topological polar surface area (TPSA) is 29.5 Å². The minimum atomic E-state index is 0.158. The molecule has 1 unspecified atom stereocenters. The fourth-order valence-electron chi connectivity index (χ4n) is 2.55.